The molecule has 0 aliphatic rings. The largest absolute Gasteiger partial charge is 0.327 e. The van der Waals surface area contributed by atoms with E-state index in [1.807, 2.05) is 29.6 Å². The second-order valence-corrected chi connectivity index (χ2v) is 5.88. The lowest BCUT2D eigenvalue weighted by Gasteiger charge is -2.04. The predicted molar refractivity (Wildman–Crippen MR) is 88.7 cm³/mol. The van der Waals surface area contributed by atoms with Crippen molar-refractivity contribution in [1.82, 2.24) is 4.98 Å². The first-order valence-corrected chi connectivity index (χ1v) is 7.71. The van der Waals surface area contributed by atoms with Gasteiger partial charge in [0.1, 0.15) is 0 Å². The maximum atomic E-state index is 11.7. The second kappa shape index (κ2) is 7.15. The number of nitrogens with zero attached hydrogens (tertiary/aromatic N) is 1. The average molecular weight is 318 g/mol. The topological polar surface area (TPSA) is 97.1 Å². The van der Waals surface area contributed by atoms with Crippen LogP contribution >= 0.6 is 11.3 Å². The fourth-order valence-corrected chi connectivity index (χ4v) is 2.59. The van der Waals surface area contributed by atoms with Gasteiger partial charge in [-0.3, -0.25) is 9.59 Å². The molecule has 116 valence electrons. The average Bonchev–Trinajstić information content (AvgIpc) is 2.86. The van der Waals surface area contributed by atoms with Crippen molar-refractivity contribution in [3.05, 3.63) is 29.6 Å². The zero-order valence-electron chi connectivity index (χ0n) is 12.4. The van der Waals surface area contributed by atoms with Gasteiger partial charge in [-0.05, 0) is 19.1 Å². The molecule has 7 heteroatoms. The first-order chi connectivity index (χ1) is 10.4. The van der Waals surface area contributed by atoms with Crippen LogP contribution in [0.5, 0.6) is 0 Å². The number of carbonyl (C=O) groups excluding carboxylic acids is 2. The molecular formula is C15H18N4O2S. The highest BCUT2D eigenvalue weighted by Gasteiger charge is 2.09. The minimum Gasteiger partial charge on any atom is -0.327 e. The van der Waals surface area contributed by atoms with Crippen LogP contribution in [0, 0.1) is 0 Å². The van der Waals surface area contributed by atoms with E-state index in [0.29, 0.717) is 5.13 Å². The van der Waals surface area contributed by atoms with Gasteiger partial charge in [-0.1, -0.05) is 12.1 Å². The number of nitrogens with two attached hydrogens (primary N) is 1. The van der Waals surface area contributed by atoms with Crippen molar-refractivity contribution in [2.45, 2.75) is 26.3 Å². The zero-order valence-corrected chi connectivity index (χ0v) is 13.2. The highest BCUT2D eigenvalue weighted by Crippen LogP contribution is 2.26. The predicted octanol–water partition coefficient (Wildman–Crippen LogP) is 2.44. The third kappa shape index (κ3) is 4.64. The van der Waals surface area contributed by atoms with Crippen molar-refractivity contribution in [3.8, 4) is 11.3 Å². The molecule has 2 amide bonds. The molecule has 2 aromatic rings. The van der Waals surface area contributed by atoms with E-state index in [4.69, 9.17) is 5.73 Å². The van der Waals surface area contributed by atoms with Crippen LogP contribution in [0.4, 0.5) is 10.8 Å². The van der Waals surface area contributed by atoms with E-state index >= 15 is 0 Å². The Balaban J connectivity index is 2.04. The number of thiazole rings is 1. The summed E-state index contributed by atoms with van der Waals surface area (Å²) in [5.74, 6) is -0.252. The molecule has 1 unspecified atom stereocenters. The number of anilines is 2. The molecule has 0 saturated heterocycles. The van der Waals surface area contributed by atoms with Crippen LogP contribution in [0.1, 0.15) is 20.3 Å². The molecule has 0 spiro atoms. The highest BCUT2D eigenvalue weighted by molar-refractivity contribution is 7.14. The third-order valence-corrected chi connectivity index (χ3v) is 3.52. The summed E-state index contributed by atoms with van der Waals surface area (Å²) < 4.78 is 0. The summed E-state index contributed by atoms with van der Waals surface area (Å²) in [5.41, 5.74) is 8.01. The smallest absolute Gasteiger partial charge is 0.227 e. The fraction of sp³-hybridized carbons (Fsp3) is 0.267. The van der Waals surface area contributed by atoms with Gasteiger partial charge in [0.15, 0.2) is 5.13 Å². The van der Waals surface area contributed by atoms with Gasteiger partial charge >= 0.3 is 0 Å². The van der Waals surface area contributed by atoms with Gasteiger partial charge in [0, 0.05) is 36.0 Å². The van der Waals surface area contributed by atoms with Crippen molar-refractivity contribution in [1.29, 1.82) is 0 Å². The highest BCUT2D eigenvalue weighted by atomic mass is 32.1. The number of rotatable bonds is 5. The Morgan fingerprint density at radius 1 is 1.27 bits per heavy atom. The van der Waals surface area contributed by atoms with Gasteiger partial charge in [0.05, 0.1) is 5.69 Å². The number of carbonyl (C=O) groups is 2. The molecule has 1 heterocycles. The summed E-state index contributed by atoms with van der Waals surface area (Å²) in [5, 5.41) is 7.86. The number of hydrogen-bond acceptors (Lipinski definition) is 5. The normalized spacial score (nSPS) is 11.8. The van der Waals surface area contributed by atoms with Gasteiger partial charge in [-0.2, -0.15) is 0 Å². The molecule has 0 saturated carbocycles. The Bertz CT molecular complexity index is 664. The summed E-state index contributed by atoms with van der Waals surface area (Å²) in [4.78, 5) is 27.0. The monoisotopic (exact) mass is 318 g/mol. The fourth-order valence-electron chi connectivity index (χ4n) is 1.85. The number of hydrogen-bond donors (Lipinski definition) is 3. The lowest BCUT2D eigenvalue weighted by Crippen LogP contribution is -2.23. The quantitative estimate of drug-likeness (QED) is 0.788. The van der Waals surface area contributed by atoms with Crippen molar-refractivity contribution in [3.63, 3.8) is 0 Å². The Hall–Kier alpha value is -2.25. The molecule has 0 bridgehead atoms. The molecule has 6 nitrogen and oxygen atoms in total. The number of benzene rings is 1. The standard InChI is InChI=1S/C15H18N4O2S/c1-9(16)7-14(21)19-15-18-13(8-22-15)11-3-5-12(6-4-11)17-10(2)20/h3-6,8-9H,7,16H2,1-2H3,(H,17,20)(H,18,19,21). The minimum absolute atomic E-state index is 0.111. The molecule has 4 N–H and O–H groups in total. The van der Waals surface area contributed by atoms with Crippen molar-refractivity contribution < 1.29 is 9.59 Å². The molecule has 0 radical (unpaired) electrons. The van der Waals surface area contributed by atoms with Crippen molar-refractivity contribution in [2.75, 3.05) is 10.6 Å². The SMILES string of the molecule is CC(=O)Nc1ccc(-c2csc(NC(=O)CC(C)N)n2)cc1. The van der Waals surface area contributed by atoms with E-state index < -0.39 is 0 Å². The van der Waals surface area contributed by atoms with E-state index in [1.165, 1.54) is 18.3 Å². The minimum atomic E-state index is -0.180. The van der Waals surface area contributed by atoms with Crippen molar-refractivity contribution in [2.24, 2.45) is 5.73 Å². The maximum Gasteiger partial charge on any atom is 0.227 e. The van der Waals surface area contributed by atoms with Gasteiger partial charge in [0.2, 0.25) is 11.8 Å². The summed E-state index contributed by atoms with van der Waals surface area (Å²) in [6, 6.07) is 7.18. The Kier molecular flexibility index (Phi) is 5.24. The molecular weight excluding hydrogens is 300 g/mol. The van der Waals surface area contributed by atoms with E-state index in [0.717, 1.165) is 16.9 Å². The van der Waals surface area contributed by atoms with Crippen molar-refractivity contribution >= 4 is 34.0 Å². The maximum absolute atomic E-state index is 11.7. The summed E-state index contributed by atoms with van der Waals surface area (Å²) >= 11 is 1.36. The van der Waals surface area contributed by atoms with Crippen LogP contribution in [0.3, 0.4) is 0 Å². The van der Waals surface area contributed by atoms with Crippen LogP contribution < -0.4 is 16.4 Å². The lowest BCUT2D eigenvalue weighted by atomic mass is 10.1. The number of aromatic nitrogens is 1. The molecule has 1 atom stereocenters. The number of amides is 2. The van der Waals surface area contributed by atoms with E-state index in [9.17, 15) is 9.59 Å². The first-order valence-electron chi connectivity index (χ1n) is 6.83. The molecule has 22 heavy (non-hydrogen) atoms. The molecule has 1 aromatic heterocycles. The van der Waals surface area contributed by atoms with Crippen LogP contribution in [0.2, 0.25) is 0 Å². The molecule has 1 aromatic carbocycles. The van der Waals surface area contributed by atoms with E-state index in [1.54, 1.807) is 6.92 Å². The van der Waals surface area contributed by atoms with Gasteiger partial charge in [0.25, 0.3) is 0 Å². The Morgan fingerprint density at radius 2 is 1.95 bits per heavy atom. The molecule has 0 fully saturated rings. The van der Waals surface area contributed by atoms with Gasteiger partial charge in [-0.25, -0.2) is 4.98 Å². The zero-order chi connectivity index (χ0) is 16.1. The second-order valence-electron chi connectivity index (χ2n) is 5.03. The first kappa shape index (κ1) is 16.1. The summed E-state index contributed by atoms with van der Waals surface area (Å²) in [7, 11) is 0. The van der Waals surface area contributed by atoms with Crippen LogP contribution in [0.25, 0.3) is 11.3 Å². The summed E-state index contributed by atoms with van der Waals surface area (Å²) in [6.07, 6.45) is 0.264. The number of nitrogens with one attached hydrogen (secondary N) is 2. The van der Waals surface area contributed by atoms with E-state index in [-0.39, 0.29) is 24.3 Å². The Morgan fingerprint density at radius 3 is 2.55 bits per heavy atom. The Labute approximate surface area is 132 Å². The third-order valence-electron chi connectivity index (χ3n) is 2.76. The van der Waals surface area contributed by atoms with Gasteiger partial charge < -0.3 is 16.4 Å². The summed E-state index contributed by atoms with van der Waals surface area (Å²) in [6.45, 7) is 3.25. The lowest BCUT2D eigenvalue weighted by molar-refractivity contribution is -0.116. The molecule has 0 aliphatic heterocycles. The van der Waals surface area contributed by atoms with Crippen LogP contribution in [0.15, 0.2) is 29.6 Å². The molecule has 2 rings (SSSR count). The van der Waals surface area contributed by atoms with E-state index in [2.05, 4.69) is 15.6 Å². The van der Waals surface area contributed by atoms with Crippen LogP contribution in [-0.4, -0.2) is 22.8 Å². The van der Waals surface area contributed by atoms with Gasteiger partial charge in [-0.15, -0.1) is 11.3 Å². The van der Waals surface area contributed by atoms with Crippen LogP contribution in [-0.2, 0) is 9.59 Å². The molecule has 0 aliphatic carbocycles.